The average molecular weight is 434 g/mol. The lowest BCUT2D eigenvalue weighted by atomic mass is 10.1. The predicted molar refractivity (Wildman–Crippen MR) is 119 cm³/mol. The fraction of sp³-hybridized carbons (Fsp3) is 0.0909. The first kappa shape index (κ1) is 19.4. The van der Waals surface area contributed by atoms with Crippen LogP contribution in [0.2, 0.25) is 0 Å². The summed E-state index contributed by atoms with van der Waals surface area (Å²) in [6.45, 7) is 0. The molecule has 0 saturated carbocycles. The normalized spacial score (nSPS) is 13.4. The monoisotopic (exact) mass is 434 g/mol. The highest BCUT2D eigenvalue weighted by atomic mass is 31.2. The van der Waals surface area contributed by atoms with E-state index in [0.717, 1.165) is 27.6 Å². The molecule has 0 amide bonds. The Kier molecular flexibility index (Phi) is 4.73. The minimum Gasteiger partial charge on any atom is -0.481 e. The second kappa shape index (κ2) is 7.58. The third-order valence-electron chi connectivity index (χ3n) is 4.99. The number of benzene rings is 2. The van der Waals surface area contributed by atoms with E-state index in [1.807, 2.05) is 24.3 Å². The van der Waals surface area contributed by atoms with Gasteiger partial charge in [0.15, 0.2) is 0 Å². The van der Waals surface area contributed by atoms with Crippen LogP contribution in [0.5, 0.6) is 11.6 Å². The van der Waals surface area contributed by atoms with E-state index in [4.69, 9.17) is 13.8 Å². The first-order chi connectivity index (χ1) is 15.1. The summed E-state index contributed by atoms with van der Waals surface area (Å²) in [5.41, 5.74) is 3.94. The minimum absolute atomic E-state index is 0.417. The molecule has 5 aromatic rings. The van der Waals surface area contributed by atoms with Crippen LogP contribution in [0.3, 0.4) is 0 Å². The van der Waals surface area contributed by atoms with Crippen molar-refractivity contribution in [2.45, 2.75) is 0 Å². The Morgan fingerprint density at radius 3 is 2.52 bits per heavy atom. The standard InChI is InChI=1S/C22H19N4O4P/c1-28-21-11-10-18-19(24-21)13-20(23-18)22-16-12-14(8-9-17(16)25-26-22)30-31(27,29-2)15-6-4-3-5-7-15/h3-13,23H,1-2H3,(H,25,26). The number of H-pyrrole nitrogens is 2. The Hall–Kier alpha value is -3.61. The first-order valence-corrected chi connectivity index (χ1v) is 11.1. The van der Waals surface area contributed by atoms with E-state index in [1.165, 1.54) is 7.11 Å². The van der Waals surface area contributed by atoms with Crippen LogP contribution in [-0.4, -0.2) is 34.4 Å². The zero-order valence-corrected chi connectivity index (χ0v) is 17.7. The summed E-state index contributed by atoms with van der Waals surface area (Å²) in [6, 6.07) is 19.8. The molecule has 31 heavy (non-hydrogen) atoms. The topological polar surface area (TPSA) is 102 Å². The molecule has 3 aromatic heterocycles. The summed E-state index contributed by atoms with van der Waals surface area (Å²) >= 11 is 0. The maximum Gasteiger partial charge on any atom is 0.410 e. The number of rotatable bonds is 6. The van der Waals surface area contributed by atoms with Crippen LogP contribution < -0.4 is 14.6 Å². The van der Waals surface area contributed by atoms with Gasteiger partial charge in [-0.15, -0.1) is 0 Å². The number of hydrogen-bond acceptors (Lipinski definition) is 6. The maximum atomic E-state index is 13.3. The van der Waals surface area contributed by atoms with Gasteiger partial charge in [0.2, 0.25) is 5.88 Å². The molecule has 1 unspecified atom stereocenters. The molecule has 2 N–H and O–H groups in total. The summed E-state index contributed by atoms with van der Waals surface area (Å²) in [6.07, 6.45) is 0. The van der Waals surface area contributed by atoms with E-state index < -0.39 is 7.60 Å². The number of aromatic amines is 2. The fourth-order valence-corrected chi connectivity index (χ4v) is 4.75. The Morgan fingerprint density at radius 2 is 1.74 bits per heavy atom. The molecule has 0 fully saturated rings. The van der Waals surface area contributed by atoms with Gasteiger partial charge in [-0.1, -0.05) is 18.2 Å². The van der Waals surface area contributed by atoms with Gasteiger partial charge in [-0.3, -0.25) is 9.62 Å². The Labute approximate surface area is 177 Å². The molecule has 3 heterocycles. The van der Waals surface area contributed by atoms with E-state index in [-0.39, 0.29) is 0 Å². The number of aromatic nitrogens is 4. The highest BCUT2D eigenvalue weighted by molar-refractivity contribution is 7.62. The van der Waals surface area contributed by atoms with Crippen molar-refractivity contribution in [1.29, 1.82) is 0 Å². The van der Waals surface area contributed by atoms with Crippen LogP contribution >= 0.6 is 7.60 Å². The highest BCUT2D eigenvalue weighted by Gasteiger charge is 2.28. The molecule has 0 radical (unpaired) electrons. The number of methoxy groups -OCH3 is 1. The molecule has 5 rings (SSSR count). The number of pyridine rings is 1. The summed E-state index contributed by atoms with van der Waals surface area (Å²) < 4.78 is 29.6. The predicted octanol–water partition coefficient (Wildman–Crippen LogP) is 4.66. The molecule has 0 aliphatic rings. The third-order valence-corrected chi connectivity index (χ3v) is 6.85. The Morgan fingerprint density at radius 1 is 0.935 bits per heavy atom. The van der Waals surface area contributed by atoms with Crippen molar-refractivity contribution in [3.63, 3.8) is 0 Å². The van der Waals surface area contributed by atoms with E-state index in [1.54, 1.807) is 49.6 Å². The summed E-state index contributed by atoms with van der Waals surface area (Å²) in [5.74, 6) is 0.956. The number of nitrogens with zero attached hydrogens (tertiary/aromatic N) is 2. The Bertz CT molecular complexity index is 1430. The average Bonchev–Trinajstić information content (AvgIpc) is 3.42. The van der Waals surface area contributed by atoms with E-state index in [0.29, 0.717) is 22.6 Å². The lowest BCUT2D eigenvalue weighted by molar-refractivity contribution is 0.334. The van der Waals surface area contributed by atoms with Crippen LogP contribution in [0.1, 0.15) is 0 Å². The van der Waals surface area contributed by atoms with Crippen LogP contribution in [0, 0.1) is 0 Å². The second-order valence-corrected chi connectivity index (χ2v) is 8.91. The summed E-state index contributed by atoms with van der Waals surface area (Å²) in [7, 11) is -0.558. The largest absolute Gasteiger partial charge is 0.481 e. The van der Waals surface area contributed by atoms with Gasteiger partial charge in [0.1, 0.15) is 11.4 Å². The lowest BCUT2D eigenvalue weighted by Crippen LogP contribution is -2.10. The molecule has 0 bridgehead atoms. The number of ether oxygens (including phenoxy) is 1. The fourth-order valence-electron chi connectivity index (χ4n) is 3.43. The molecule has 156 valence electrons. The first-order valence-electron chi connectivity index (χ1n) is 9.53. The quantitative estimate of drug-likeness (QED) is 0.377. The van der Waals surface area contributed by atoms with Crippen LogP contribution in [0.25, 0.3) is 33.3 Å². The minimum atomic E-state index is -3.52. The van der Waals surface area contributed by atoms with E-state index in [9.17, 15) is 4.57 Å². The van der Waals surface area contributed by atoms with Crippen LogP contribution in [0.4, 0.5) is 0 Å². The molecule has 9 heteroatoms. The zero-order valence-electron chi connectivity index (χ0n) is 16.8. The molecule has 8 nitrogen and oxygen atoms in total. The van der Waals surface area contributed by atoms with Gasteiger partial charge < -0.3 is 14.2 Å². The maximum absolute atomic E-state index is 13.3. The molecular weight excluding hydrogens is 415 g/mol. The molecule has 0 saturated heterocycles. The smallest absolute Gasteiger partial charge is 0.410 e. The number of fused-ring (bicyclic) bond motifs is 2. The van der Waals surface area contributed by atoms with Crippen LogP contribution in [0.15, 0.2) is 66.7 Å². The molecule has 1 atom stereocenters. The van der Waals surface area contributed by atoms with Crippen molar-refractivity contribution in [2.75, 3.05) is 14.2 Å². The van der Waals surface area contributed by atoms with Gasteiger partial charge in [-0.2, -0.15) is 5.10 Å². The van der Waals surface area contributed by atoms with Crippen molar-refractivity contribution in [2.24, 2.45) is 0 Å². The molecule has 2 aromatic carbocycles. The van der Waals surface area contributed by atoms with E-state index in [2.05, 4.69) is 20.2 Å². The van der Waals surface area contributed by atoms with Crippen molar-refractivity contribution in [1.82, 2.24) is 20.2 Å². The highest BCUT2D eigenvalue weighted by Crippen LogP contribution is 2.47. The second-order valence-electron chi connectivity index (χ2n) is 6.86. The SMILES string of the molecule is COc1ccc2[nH]c(-c3n[nH]c4ccc(OP(=O)(OC)c5ccccc5)cc34)cc2n1. The number of hydrogen-bond donors (Lipinski definition) is 2. The molecule has 0 aliphatic heterocycles. The van der Waals surface area contributed by atoms with Gasteiger partial charge in [-0.25, -0.2) is 9.55 Å². The van der Waals surface area contributed by atoms with Gasteiger partial charge in [0, 0.05) is 18.6 Å². The van der Waals surface area contributed by atoms with Gasteiger partial charge in [-0.05, 0) is 42.5 Å². The van der Waals surface area contributed by atoms with Crippen LogP contribution in [-0.2, 0) is 9.09 Å². The van der Waals surface area contributed by atoms with Gasteiger partial charge >= 0.3 is 7.60 Å². The van der Waals surface area contributed by atoms with Crippen molar-refractivity contribution in [3.8, 4) is 23.0 Å². The third kappa shape index (κ3) is 3.46. The molecule has 0 aliphatic carbocycles. The number of nitrogens with one attached hydrogen (secondary N) is 2. The lowest BCUT2D eigenvalue weighted by Gasteiger charge is -2.17. The van der Waals surface area contributed by atoms with E-state index >= 15 is 0 Å². The van der Waals surface area contributed by atoms with Gasteiger partial charge in [0.25, 0.3) is 0 Å². The van der Waals surface area contributed by atoms with Crippen molar-refractivity contribution < 1.29 is 18.3 Å². The van der Waals surface area contributed by atoms with Crippen molar-refractivity contribution >= 4 is 34.8 Å². The van der Waals surface area contributed by atoms with Crippen molar-refractivity contribution in [3.05, 3.63) is 66.7 Å². The van der Waals surface area contributed by atoms with Gasteiger partial charge in [0.05, 0.1) is 34.7 Å². The molecular formula is C22H19N4O4P. The molecule has 0 spiro atoms. The Balaban J connectivity index is 1.55. The zero-order chi connectivity index (χ0) is 21.4. The summed E-state index contributed by atoms with van der Waals surface area (Å²) in [5, 5.41) is 8.76. The summed E-state index contributed by atoms with van der Waals surface area (Å²) in [4.78, 5) is 7.77.